The van der Waals surface area contributed by atoms with Gasteiger partial charge >= 0.3 is 0 Å². The topological polar surface area (TPSA) is 99.2 Å². The fourth-order valence-electron chi connectivity index (χ4n) is 3.80. The third kappa shape index (κ3) is 4.71. The van der Waals surface area contributed by atoms with Gasteiger partial charge in [-0.3, -0.25) is 4.98 Å². The van der Waals surface area contributed by atoms with Crippen molar-refractivity contribution in [3.63, 3.8) is 0 Å². The molecule has 0 radical (unpaired) electrons. The Kier molecular flexibility index (Phi) is 6.90. The molecule has 0 aliphatic heterocycles. The van der Waals surface area contributed by atoms with E-state index in [4.69, 9.17) is 0 Å². The van der Waals surface area contributed by atoms with Crippen LogP contribution in [-0.2, 0) is 16.4 Å². The van der Waals surface area contributed by atoms with E-state index in [1.165, 1.54) is 4.31 Å². The van der Waals surface area contributed by atoms with Crippen molar-refractivity contribution in [2.75, 3.05) is 13.2 Å². The van der Waals surface area contributed by atoms with E-state index in [9.17, 15) is 13.5 Å². The maximum atomic E-state index is 13.2. The van der Waals surface area contributed by atoms with Gasteiger partial charge in [-0.1, -0.05) is 32.9 Å². The molecule has 1 atom stereocenters. The number of aromatic nitrogens is 3. The van der Waals surface area contributed by atoms with Gasteiger partial charge in [0.15, 0.2) is 0 Å². The van der Waals surface area contributed by atoms with E-state index < -0.39 is 16.1 Å². The van der Waals surface area contributed by atoms with E-state index in [0.717, 1.165) is 28.1 Å². The highest BCUT2D eigenvalue weighted by molar-refractivity contribution is 7.89. The lowest BCUT2D eigenvalue weighted by Crippen LogP contribution is -2.43. The molecule has 162 valence electrons. The van der Waals surface area contributed by atoms with Gasteiger partial charge in [0, 0.05) is 25.2 Å². The summed E-state index contributed by atoms with van der Waals surface area (Å²) in [6.45, 7) is 7.87. The highest BCUT2D eigenvalue weighted by Crippen LogP contribution is 2.23. The number of fused-ring (bicyclic) bond motifs is 1. The Hall–Kier alpha value is -2.29. The molecule has 8 heteroatoms. The molecule has 2 heterocycles. The van der Waals surface area contributed by atoms with Crippen LogP contribution >= 0.6 is 0 Å². The van der Waals surface area contributed by atoms with Crippen LogP contribution in [0.2, 0.25) is 0 Å². The summed E-state index contributed by atoms with van der Waals surface area (Å²) in [5.41, 5.74) is 3.58. The summed E-state index contributed by atoms with van der Waals surface area (Å²) in [6.07, 6.45) is 2.92. The zero-order valence-corrected chi connectivity index (χ0v) is 18.8. The number of aliphatic hydroxyl groups excluding tert-OH is 1. The normalized spacial score (nSPS) is 13.4. The third-order valence-electron chi connectivity index (χ3n) is 5.17. The minimum Gasteiger partial charge on any atom is -0.395 e. The molecule has 3 aromatic rings. The van der Waals surface area contributed by atoms with E-state index in [-0.39, 0.29) is 17.4 Å². The summed E-state index contributed by atoms with van der Waals surface area (Å²) in [6, 6.07) is 8.36. The number of hydrogen-bond acceptors (Lipinski definition) is 5. The number of aliphatic hydroxyl groups is 1. The summed E-state index contributed by atoms with van der Waals surface area (Å²) in [4.78, 5) is 12.4. The smallest absolute Gasteiger partial charge is 0.243 e. The largest absolute Gasteiger partial charge is 0.395 e. The van der Waals surface area contributed by atoms with Gasteiger partial charge in [0.1, 0.15) is 11.3 Å². The van der Waals surface area contributed by atoms with Crippen LogP contribution < -0.4 is 0 Å². The first-order valence-corrected chi connectivity index (χ1v) is 11.7. The first-order chi connectivity index (χ1) is 14.3. The lowest BCUT2D eigenvalue weighted by Gasteiger charge is -2.29. The van der Waals surface area contributed by atoms with Crippen molar-refractivity contribution in [2.24, 2.45) is 5.92 Å². The van der Waals surface area contributed by atoms with Gasteiger partial charge in [0.2, 0.25) is 10.0 Å². The zero-order chi connectivity index (χ0) is 21.9. The Morgan fingerprint density at radius 3 is 2.47 bits per heavy atom. The molecule has 7 nitrogen and oxygen atoms in total. The Bertz CT molecular complexity index is 1090. The number of nitrogens with one attached hydrogen (secondary N) is 1. The Balaban J connectivity index is 1.84. The number of benzene rings is 1. The summed E-state index contributed by atoms with van der Waals surface area (Å²) in [7, 11) is -3.69. The SMILES string of the molecule is CCN([C@H](CO)CC(C)C)S(=O)(=O)c1ccc(Cc2nccc3[nH]c(C)nc23)cc1. The summed E-state index contributed by atoms with van der Waals surface area (Å²) in [5, 5.41) is 9.76. The molecule has 0 saturated heterocycles. The Morgan fingerprint density at radius 2 is 1.87 bits per heavy atom. The van der Waals surface area contributed by atoms with Gasteiger partial charge in [0.05, 0.1) is 22.7 Å². The number of imidazole rings is 1. The lowest BCUT2D eigenvalue weighted by molar-refractivity contribution is 0.171. The fourth-order valence-corrected chi connectivity index (χ4v) is 5.44. The fraction of sp³-hybridized carbons (Fsp3) is 0.455. The molecule has 0 amide bonds. The molecule has 0 saturated carbocycles. The minimum absolute atomic E-state index is 0.192. The molecule has 0 aliphatic carbocycles. The molecule has 0 aliphatic rings. The quantitative estimate of drug-likeness (QED) is 0.543. The lowest BCUT2D eigenvalue weighted by atomic mass is 10.0. The van der Waals surface area contributed by atoms with Gasteiger partial charge in [0.25, 0.3) is 0 Å². The molecule has 2 aromatic heterocycles. The molecule has 3 rings (SSSR count). The van der Waals surface area contributed by atoms with Crippen molar-refractivity contribution in [1.29, 1.82) is 0 Å². The number of aromatic amines is 1. The summed E-state index contributed by atoms with van der Waals surface area (Å²) in [5.74, 6) is 1.12. The first-order valence-electron chi connectivity index (χ1n) is 10.3. The maximum absolute atomic E-state index is 13.2. The Labute approximate surface area is 178 Å². The highest BCUT2D eigenvalue weighted by atomic mass is 32.2. The van der Waals surface area contributed by atoms with Crippen LogP contribution in [0.3, 0.4) is 0 Å². The molecule has 2 N–H and O–H groups in total. The van der Waals surface area contributed by atoms with E-state index in [2.05, 4.69) is 15.0 Å². The molecule has 0 spiro atoms. The van der Waals surface area contributed by atoms with Crippen LogP contribution in [-0.4, -0.2) is 52.0 Å². The average Bonchev–Trinajstić information content (AvgIpc) is 3.09. The standard InChI is InChI=1S/C22H30N4O3S/c1-5-26(18(14-27)12-15(2)3)30(28,29)19-8-6-17(7-9-19)13-21-22-20(10-11-23-21)24-16(4)25-22/h6-11,15,18,27H,5,12-14H2,1-4H3,(H,24,25)/t18-/m0/s1. The number of hydrogen-bond donors (Lipinski definition) is 2. The van der Waals surface area contributed by atoms with Crippen LogP contribution in [0.1, 0.15) is 44.3 Å². The third-order valence-corrected chi connectivity index (χ3v) is 7.21. The summed E-state index contributed by atoms with van der Waals surface area (Å²) >= 11 is 0. The van der Waals surface area contributed by atoms with Gasteiger partial charge < -0.3 is 10.1 Å². The van der Waals surface area contributed by atoms with Crippen molar-refractivity contribution in [1.82, 2.24) is 19.3 Å². The van der Waals surface area contributed by atoms with E-state index in [1.54, 1.807) is 25.3 Å². The molecule has 0 bridgehead atoms. The number of pyridine rings is 1. The van der Waals surface area contributed by atoms with Gasteiger partial charge in [-0.05, 0) is 43.0 Å². The first kappa shape index (κ1) is 22.4. The van der Waals surface area contributed by atoms with Gasteiger partial charge in [-0.25, -0.2) is 13.4 Å². The van der Waals surface area contributed by atoms with Gasteiger partial charge in [-0.2, -0.15) is 4.31 Å². The molecule has 1 aromatic carbocycles. The zero-order valence-electron chi connectivity index (χ0n) is 18.0. The van der Waals surface area contributed by atoms with Crippen LogP contribution in [0.5, 0.6) is 0 Å². The van der Waals surface area contributed by atoms with Crippen LogP contribution in [0.15, 0.2) is 41.4 Å². The van der Waals surface area contributed by atoms with Crippen LogP contribution in [0.4, 0.5) is 0 Å². The molecular formula is C22H30N4O3S. The Morgan fingerprint density at radius 1 is 1.17 bits per heavy atom. The number of likely N-dealkylation sites (N-methyl/N-ethyl adjacent to an activating group) is 1. The monoisotopic (exact) mass is 430 g/mol. The predicted octanol–water partition coefficient (Wildman–Crippen LogP) is 3.27. The molecule has 30 heavy (non-hydrogen) atoms. The molecule has 0 fully saturated rings. The highest BCUT2D eigenvalue weighted by Gasteiger charge is 2.30. The van der Waals surface area contributed by atoms with Crippen LogP contribution in [0.25, 0.3) is 11.0 Å². The average molecular weight is 431 g/mol. The van der Waals surface area contributed by atoms with Crippen molar-refractivity contribution >= 4 is 21.1 Å². The maximum Gasteiger partial charge on any atom is 0.243 e. The van der Waals surface area contributed by atoms with Crippen molar-refractivity contribution in [3.05, 3.63) is 53.6 Å². The molecular weight excluding hydrogens is 400 g/mol. The number of aryl methyl sites for hydroxylation is 1. The minimum atomic E-state index is -3.69. The van der Waals surface area contributed by atoms with E-state index in [1.807, 2.05) is 39.0 Å². The number of rotatable bonds is 9. The molecule has 0 unspecified atom stereocenters. The van der Waals surface area contributed by atoms with Crippen molar-refractivity contribution in [2.45, 2.75) is 51.5 Å². The van der Waals surface area contributed by atoms with Gasteiger partial charge in [-0.15, -0.1) is 0 Å². The van der Waals surface area contributed by atoms with Crippen LogP contribution in [0, 0.1) is 12.8 Å². The second-order valence-corrected chi connectivity index (χ2v) is 9.86. The summed E-state index contributed by atoms with van der Waals surface area (Å²) < 4.78 is 27.8. The number of nitrogens with zero attached hydrogens (tertiary/aromatic N) is 3. The predicted molar refractivity (Wildman–Crippen MR) is 118 cm³/mol. The van der Waals surface area contributed by atoms with E-state index in [0.29, 0.717) is 19.4 Å². The second kappa shape index (κ2) is 9.24. The second-order valence-electron chi connectivity index (χ2n) is 7.97. The van der Waals surface area contributed by atoms with Crippen molar-refractivity contribution < 1.29 is 13.5 Å². The van der Waals surface area contributed by atoms with E-state index >= 15 is 0 Å². The number of sulfonamides is 1. The van der Waals surface area contributed by atoms with Crippen molar-refractivity contribution in [3.8, 4) is 0 Å². The number of H-pyrrole nitrogens is 1.